The maximum Gasteiger partial charge on any atom is 0.193 e. The van der Waals surface area contributed by atoms with Gasteiger partial charge in [0.2, 0.25) is 0 Å². The highest BCUT2D eigenvalue weighted by molar-refractivity contribution is 14.0. The smallest absolute Gasteiger partial charge is 0.193 e. The van der Waals surface area contributed by atoms with Crippen LogP contribution in [-0.4, -0.2) is 62.3 Å². The Kier molecular flexibility index (Phi) is 9.05. The molecule has 5 nitrogen and oxygen atoms in total. The molecule has 0 bridgehead atoms. The van der Waals surface area contributed by atoms with Gasteiger partial charge in [-0.3, -0.25) is 4.99 Å². The monoisotopic (exact) mass is 507 g/mol. The summed E-state index contributed by atoms with van der Waals surface area (Å²) in [4.78, 5) is 6.87. The van der Waals surface area contributed by atoms with Gasteiger partial charge in [0.15, 0.2) is 17.5 Å². The van der Waals surface area contributed by atoms with Crippen molar-refractivity contribution in [2.24, 2.45) is 4.99 Å². The summed E-state index contributed by atoms with van der Waals surface area (Å²) in [5, 5.41) is 3.58. The van der Waals surface area contributed by atoms with E-state index in [1.54, 1.807) is 14.2 Å². The molecule has 1 aromatic rings. The normalized spacial score (nSPS) is 17.1. The molecule has 0 aliphatic carbocycles. The summed E-state index contributed by atoms with van der Waals surface area (Å²) in [7, 11) is 5.19. The first-order valence-corrected chi connectivity index (χ1v) is 10.0. The number of nitrogens with zero attached hydrogens (tertiary/aromatic N) is 2. The Bertz CT molecular complexity index is 650. The molecule has 154 valence electrons. The van der Waals surface area contributed by atoms with E-state index in [0.717, 1.165) is 42.8 Å². The second-order valence-corrected chi connectivity index (χ2v) is 9.69. The van der Waals surface area contributed by atoms with Gasteiger partial charge < -0.3 is 19.7 Å². The van der Waals surface area contributed by atoms with Crippen molar-refractivity contribution in [3.8, 4) is 11.5 Å². The molecule has 1 aromatic carbocycles. The summed E-state index contributed by atoms with van der Waals surface area (Å²) in [6, 6.07) is 6.13. The number of hydrogen-bond acceptors (Lipinski definition) is 4. The third-order valence-corrected chi connectivity index (χ3v) is 6.09. The summed E-state index contributed by atoms with van der Waals surface area (Å²) in [6.07, 6.45) is 0. The predicted molar refractivity (Wildman–Crippen MR) is 127 cm³/mol. The van der Waals surface area contributed by atoms with Crippen molar-refractivity contribution in [2.75, 3.05) is 46.7 Å². The van der Waals surface area contributed by atoms with Gasteiger partial charge >= 0.3 is 0 Å². The summed E-state index contributed by atoms with van der Waals surface area (Å²) in [5.74, 6) is 3.63. The van der Waals surface area contributed by atoms with Crippen molar-refractivity contribution in [1.82, 2.24) is 10.2 Å². The highest BCUT2D eigenvalue weighted by Gasteiger charge is 2.30. The van der Waals surface area contributed by atoms with Gasteiger partial charge in [-0.25, -0.2) is 0 Å². The standard InChI is InChI=1S/C20H33N3O2S.HI/c1-19(2,15-8-9-16(24-6)17(12-15)25-7)13-22-18(21-5)23-10-11-26-20(3,4)14-23;/h8-9,12H,10-11,13-14H2,1-7H3,(H,21,22);1H. The second kappa shape index (κ2) is 10.1. The maximum absolute atomic E-state index is 5.46. The molecule has 1 N–H and O–H groups in total. The van der Waals surface area contributed by atoms with Crippen LogP contribution in [0.3, 0.4) is 0 Å². The lowest BCUT2D eigenvalue weighted by atomic mass is 9.84. The molecule has 1 aliphatic heterocycles. The van der Waals surface area contributed by atoms with Crippen LogP contribution in [0.4, 0.5) is 0 Å². The molecule has 1 fully saturated rings. The number of rotatable bonds is 5. The van der Waals surface area contributed by atoms with Gasteiger partial charge in [-0.05, 0) is 31.5 Å². The Morgan fingerprint density at radius 2 is 1.93 bits per heavy atom. The Hall–Kier alpha value is -0.830. The fraction of sp³-hybridized carbons (Fsp3) is 0.650. The number of hydrogen-bond donors (Lipinski definition) is 1. The lowest BCUT2D eigenvalue weighted by Crippen LogP contribution is -2.52. The van der Waals surface area contributed by atoms with Crippen molar-refractivity contribution >= 4 is 41.7 Å². The van der Waals surface area contributed by atoms with Gasteiger partial charge in [-0.1, -0.05) is 19.9 Å². The number of methoxy groups -OCH3 is 2. The van der Waals surface area contributed by atoms with E-state index in [-0.39, 0.29) is 34.1 Å². The predicted octanol–water partition coefficient (Wildman–Crippen LogP) is 4.00. The summed E-state index contributed by atoms with van der Waals surface area (Å²) < 4.78 is 11.1. The molecule has 27 heavy (non-hydrogen) atoms. The van der Waals surface area contributed by atoms with Gasteiger partial charge in [-0.15, -0.1) is 24.0 Å². The van der Waals surface area contributed by atoms with Crippen molar-refractivity contribution in [3.63, 3.8) is 0 Å². The van der Waals surface area contributed by atoms with Crippen molar-refractivity contribution in [2.45, 2.75) is 37.9 Å². The maximum atomic E-state index is 5.46. The second-order valence-electron chi connectivity index (χ2n) is 7.88. The van der Waals surface area contributed by atoms with Gasteiger partial charge in [0.05, 0.1) is 14.2 Å². The number of halogens is 1. The molecular weight excluding hydrogens is 473 g/mol. The summed E-state index contributed by atoms with van der Waals surface area (Å²) >= 11 is 2.03. The van der Waals surface area contributed by atoms with Crippen LogP contribution in [-0.2, 0) is 5.41 Å². The minimum atomic E-state index is -0.0739. The number of nitrogens with one attached hydrogen (secondary N) is 1. The molecule has 2 rings (SSSR count). The zero-order valence-corrected chi connectivity index (χ0v) is 20.7. The molecule has 0 spiro atoms. The number of aliphatic imine (C=N–C) groups is 1. The third-order valence-electron chi connectivity index (χ3n) is 4.79. The quantitative estimate of drug-likeness (QED) is 0.371. The zero-order valence-electron chi connectivity index (χ0n) is 17.6. The topological polar surface area (TPSA) is 46.1 Å². The average molecular weight is 507 g/mol. The van der Waals surface area contributed by atoms with Gasteiger partial charge in [0.1, 0.15) is 0 Å². The molecule has 0 amide bonds. The number of guanidine groups is 1. The van der Waals surface area contributed by atoms with Crippen LogP contribution in [0.2, 0.25) is 0 Å². The van der Waals surface area contributed by atoms with Crippen LogP contribution in [0.1, 0.15) is 33.3 Å². The van der Waals surface area contributed by atoms with E-state index >= 15 is 0 Å². The Morgan fingerprint density at radius 1 is 1.26 bits per heavy atom. The summed E-state index contributed by atoms with van der Waals surface area (Å²) in [6.45, 7) is 11.9. The minimum absolute atomic E-state index is 0. The van der Waals surface area contributed by atoms with E-state index in [9.17, 15) is 0 Å². The van der Waals surface area contributed by atoms with Crippen LogP contribution in [0.5, 0.6) is 11.5 Å². The lowest BCUT2D eigenvalue weighted by Gasteiger charge is -2.40. The van der Waals surface area contributed by atoms with Crippen LogP contribution < -0.4 is 14.8 Å². The van der Waals surface area contributed by atoms with Gasteiger partial charge in [0, 0.05) is 42.6 Å². The minimum Gasteiger partial charge on any atom is -0.493 e. The molecular formula is C20H34IN3O2S. The highest BCUT2D eigenvalue weighted by atomic mass is 127. The van der Waals surface area contributed by atoms with E-state index in [1.165, 1.54) is 5.56 Å². The van der Waals surface area contributed by atoms with Crippen LogP contribution in [0.15, 0.2) is 23.2 Å². The first kappa shape index (κ1) is 24.2. The van der Waals surface area contributed by atoms with Crippen LogP contribution in [0.25, 0.3) is 0 Å². The van der Waals surface area contributed by atoms with Crippen LogP contribution >= 0.6 is 35.7 Å². The molecule has 1 aliphatic rings. The molecule has 0 atom stereocenters. The number of thioether (sulfide) groups is 1. The number of ether oxygens (including phenoxy) is 2. The van der Waals surface area contributed by atoms with E-state index in [2.05, 4.69) is 55.0 Å². The van der Waals surface area contributed by atoms with Gasteiger partial charge in [0.25, 0.3) is 0 Å². The average Bonchev–Trinajstić information content (AvgIpc) is 2.60. The highest BCUT2D eigenvalue weighted by Crippen LogP contribution is 2.33. The van der Waals surface area contributed by atoms with Crippen LogP contribution in [0, 0.1) is 0 Å². The first-order valence-electron chi connectivity index (χ1n) is 9.04. The fourth-order valence-corrected chi connectivity index (χ4v) is 4.30. The van der Waals surface area contributed by atoms with E-state index in [0.29, 0.717) is 0 Å². The molecule has 1 saturated heterocycles. The molecule has 0 radical (unpaired) electrons. The Morgan fingerprint density at radius 3 is 2.48 bits per heavy atom. The van der Waals surface area contributed by atoms with E-state index < -0.39 is 0 Å². The van der Waals surface area contributed by atoms with E-state index in [1.807, 2.05) is 24.9 Å². The van der Waals surface area contributed by atoms with Crippen molar-refractivity contribution in [3.05, 3.63) is 23.8 Å². The molecule has 0 aromatic heterocycles. The Labute approximate surface area is 185 Å². The third kappa shape index (κ3) is 6.34. The number of benzene rings is 1. The van der Waals surface area contributed by atoms with Crippen molar-refractivity contribution < 1.29 is 9.47 Å². The zero-order chi connectivity index (χ0) is 19.4. The largest absolute Gasteiger partial charge is 0.493 e. The fourth-order valence-electron chi connectivity index (χ4n) is 3.19. The molecule has 0 unspecified atom stereocenters. The molecule has 0 saturated carbocycles. The van der Waals surface area contributed by atoms with E-state index in [4.69, 9.17) is 9.47 Å². The first-order chi connectivity index (χ1) is 12.2. The summed E-state index contributed by atoms with van der Waals surface area (Å²) in [5.41, 5.74) is 1.13. The molecule has 7 heteroatoms. The molecule has 1 heterocycles. The lowest BCUT2D eigenvalue weighted by molar-refractivity contribution is 0.352. The Balaban J connectivity index is 0.00000364. The SMILES string of the molecule is CN=C(NCC(C)(C)c1ccc(OC)c(OC)c1)N1CCSC(C)(C)C1.I. The van der Waals surface area contributed by atoms with Crippen molar-refractivity contribution in [1.29, 1.82) is 0 Å². The van der Waals surface area contributed by atoms with Gasteiger partial charge in [-0.2, -0.15) is 11.8 Å².